The summed E-state index contributed by atoms with van der Waals surface area (Å²) in [7, 11) is 0. The number of hydrogen-bond acceptors (Lipinski definition) is 5. The molecule has 0 unspecified atom stereocenters. The highest BCUT2D eigenvalue weighted by Gasteiger charge is 2.37. The summed E-state index contributed by atoms with van der Waals surface area (Å²) in [6.45, 7) is 4.54. The summed E-state index contributed by atoms with van der Waals surface area (Å²) in [5.74, 6) is 4.65. The minimum Gasteiger partial charge on any atom is -0.449 e. The molecule has 6 aromatic carbocycles. The van der Waals surface area contributed by atoms with Gasteiger partial charge in [0, 0.05) is 22.1 Å². The van der Waals surface area contributed by atoms with E-state index in [2.05, 4.69) is 68.4 Å². The highest BCUT2D eigenvalue weighted by Crippen LogP contribution is 2.55. The van der Waals surface area contributed by atoms with E-state index < -0.39 is 0 Å². The molecule has 9 rings (SSSR count). The van der Waals surface area contributed by atoms with Crippen molar-refractivity contribution < 1.29 is 9.47 Å². The fourth-order valence-electron chi connectivity index (χ4n) is 6.80. The largest absolute Gasteiger partial charge is 0.449 e. The maximum atomic E-state index is 6.59. The highest BCUT2D eigenvalue weighted by molar-refractivity contribution is 5.85. The smallest absolute Gasteiger partial charge is 0.170 e. The second-order valence-corrected chi connectivity index (χ2v) is 12.5. The molecule has 0 radical (unpaired) electrons. The van der Waals surface area contributed by atoms with Gasteiger partial charge in [-0.25, -0.2) is 15.0 Å². The van der Waals surface area contributed by atoms with Gasteiger partial charge in [0.1, 0.15) is 0 Å². The van der Waals surface area contributed by atoms with Gasteiger partial charge in [-0.3, -0.25) is 0 Å². The van der Waals surface area contributed by atoms with Crippen molar-refractivity contribution in [3.63, 3.8) is 0 Å². The van der Waals surface area contributed by atoms with Crippen LogP contribution in [-0.2, 0) is 5.41 Å². The molecular formula is C42H29N3O2. The Balaban J connectivity index is 1.13. The molecule has 0 amide bonds. The molecule has 2 aliphatic rings. The van der Waals surface area contributed by atoms with E-state index in [1.54, 1.807) is 0 Å². The van der Waals surface area contributed by atoms with Gasteiger partial charge in [-0.05, 0) is 57.6 Å². The normalized spacial score (nSPS) is 13.4. The van der Waals surface area contributed by atoms with Crippen LogP contribution in [0.15, 0.2) is 140 Å². The molecule has 0 fully saturated rings. The molecule has 0 saturated heterocycles. The van der Waals surface area contributed by atoms with Gasteiger partial charge < -0.3 is 9.47 Å². The second-order valence-electron chi connectivity index (χ2n) is 12.5. The average Bonchev–Trinajstić information content (AvgIpc) is 3.35. The molecule has 0 bridgehead atoms. The van der Waals surface area contributed by atoms with E-state index in [1.807, 2.05) is 84.9 Å². The van der Waals surface area contributed by atoms with Crippen LogP contribution in [0.4, 0.5) is 0 Å². The summed E-state index contributed by atoms with van der Waals surface area (Å²) in [6, 6.07) is 47.2. The molecule has 47 heavy (non-hydrogen) atoms. The quantitative estimate of drug-likeness (QED) is 0.199. The third kappa shape index (κ3) is 4.50. The summed E-state index contributed by atoms with van der Waals surface area (Å²) in [6.07, 6.45) is 0. The lowest BCUT2D eigenvalue weighted by Gasteiger charge is -2.25. The van der Waals surface area contributed by atoms with E-state index >= 15 is 0 Å². The second kappa shape index (κ2) is 10.5. The molecule has 1 aliphatic carbocycles. The summed E-state index contributed by atoms with van der Waals surface area (Å²) >= 11 is 0. The number of rotatable bonds is 4. The van der Waals surface area contributed by atoms with Crippen LogP contribution in [0, 0.1) is 0 Å². The molecule has 7 aromatic rings. The van der Waals surface area contributed by atoms with Crippen molar-refractivity contribution in [3.8, 4) is 79.4 Å². The number of fused-ring (bicyclic) bond motifs is 5. The number of hydrogen-bond donors (Lipinski definition) is 0. The van der Waals surface area contributed by atoms with Crippen molar-refractivity contribution in [2.24, 2.45) is 0 Å². The third-order valence-corrected chi connectivity index (χ3v) is 9.21. The minimum absolute atomic E-state index is 0.132. The van der Waals surface area contributed by atoms with Crippen LogP contribution in [0.2, 0.25) is 0 Å². The zero-order valence-corrected chi connectivity index (χ0v) is 25.9. The van der Waals surface area contributed by atoms with E-state index in [4.69, 9.17) is 24.4 Å². The molecule has 5 nitrogen and oxygen atoms in total. The molecular weight excluding hydrogens is 578 g/mol. The first-order chi connectivity index (χ1) is 23.0. The Hall–Kier alpha value is -6.07. The van der Waals surface area contributed by atoms with Crippen LogP contribution in [0.25, 0.3) is 56.4 Å². The third-order valence-electron chi connectivity index (χ3n) is 9.21. The molecule has 1 aromatic heterocycles. The molecule has 0 saturated carbocycles. The number of nitrogens with zero attached hydrogens (tertiary/aromatic N) is 3. The predicted molar refractivity (Wildman–Crippen MR) is 186 cm³/mol. The molecule has 0 spiro atoms. The van der Waals surface area contributed by atoms with Crippen molar-refractivity contribution >= 4 is 0 Å². The first kappa shape index (κ1) is 27.3. The number of ether oxygens (including phenoxy) is 2. The van der Waals surface area contributed by atoms with Gasteiger partial charge >= 0.3 is 0 Å². The predicted octanol–water partition coefficient (Wildman–Crippen LogP) is 10.7. The zero-order valence-electron chi connectivity index (χ0n) is 25.9. The maximum Gasteiger partial charge on any atom is 0.170 e. The van der Waals surface area contributed by atoms with Crippen molar-refractivity contribution in [1.29, 1.82) is 0 Å². The lowest BCUT2D eigenvalue weighted by atomic mass is 9.82. The first-order valence-electron chi connectivity index (χ1n) is 15.8. The lowest BCUT2D eigenvalue weighted by molar-refractivity contribution is 0.359. The topological polar surface area (TPSA) is 57.1 Å². The Morgan fingerprint density at radius 3 is 1.62 bits per heavy atom. The van der Waals surface area contributed by atoms with Gasteiger partial charge in [0.2, 0.25) is 0 Å². The van der Waals surface area contributed by atoms with Gasteiger partial charge in [-0.15, -0.1) is 0 Å². The summed E-state index contributed by atoms with van der Waals surface area (Å²) in [4.78, 5) is 14.8. The Kier molecular flexibility index (Phi) is 6.09. The van der Waals surface area contributed by atoms with E-state index in [-0.39, 0.29) is 5.41 Å². The van der Waals surface area contributed by atoms with Crippen LogP contribution >= 0.6 is 0 Å². The van der Waals surface area contributed by atoms with Crippen LogP contribution in [0.1, 0.15) is 25.0 Å². The Labute approximate surface area is 273 Å². The Morgan fingerprint density at radius 1 is 0.383 bits per heavy atom. The van der Waals surface area contributed by atoms with Crippen LogP contribution in [0.3, 0.4) is 0 Å². The van der Waals surface area contributed by atoms with E-state index in [0.29, 0.717) is 29.0 Å². The van der Waals surface area contributed by atoms with E-state index in [1.165, 1.54) is 22.3 Å². The van der Waals surface area contributed by atoms with E-state index in [9.17, 15) is 0 Å². The highest BCUT2D eigenvalue weighted by atomic mass is 16.6. The van der Waals surface area contributed by atoms with Crippen molar-refractivity contribution in [2.75, 3.05) is 0 Å². The molecule has 224 valence electrons. The van der Waals surface area contributed by atoms with Crippen LogP contribution in [-0.4, -0.2) is 15.0 Å². The van der Waals surface area contributed by atoms with Crippen molar-refractivity contribution in [3.05, 3.63) is 151 Å². The van der Waals surface area contributed by atoms with Gasteiger partial charge in [0.15, 0.2) is 40.5 Å². The van der Waals surface area contributed by atoms with Gasteiger partial charge in [0.25, 0.3) is 0 Å². The van der Waals surface area contributed by atoms with Gasteiger partial charge in [-0.1, -0.05) is 129 Å². The molecule has 1 aliphatic heterocycles. The summed E-state index contributed by atoms with van der Waals surface area (Å²) in [5.41, 5.74) is 9.60. The summed E-state index contributed by atoms with van der Waals surface area (Å²) in [5, 5.41) is 0. The Bertz CT molecular complexity index is 2270. The molecule has 0 N–H and O–H groups in total. The fourth-order valence-corrected chi connectivity index (χ4v) is 6.80. The first-order valence-corrected chi connectivity index (χ1v) is 15.8. The maximum absolute atomic E-state index is 6.59. The molecule has 0 atom stereocenters. The van der Waals surface area contributed by atoms with Gasteiger partial charge in [-0.2, -0.15) is 0 Å². The zero-order chi connectivity index (χ0) is 31.5. The van der Waals surface area contributed by atoms with Crippen molar-refractivity contribution in [2.45, 2.75) is 19.3 Å². The fraction of sp³-hybridized carbons (Fsp3) is 0.0714. The number of benzene rings is 6. The minimum atomic E-state index is -0.132. The Morgan fingerprint density at radius 2 is 0.915 bits per heavy atom. The monoisotopic (exact) mass is 607 g/mol. The van der Waals surface area contributed by atoms with Crippen LogP contribution < -0.4 is 9.47 Å². The van der Waals surface area contributed by atoms with Crippen LogP contribution in [0.5, 0.6) is 23.0 Å². The summed E-state index contributed by atoms with van der Waals surface area (Å²) < 4.78 is 13.1. The van der Waals surface area contributed by atoms with Crippen molar-refractivity contribution in [1.82, 2.24) is 15.0 Å². The number of aromatic nitrogens is 3. The molecule has 2 heterocycles. The molecule has 5 heteroatoms. The van der Waals surface area contributed by atoms with E-state index in [0.717, 1.165) is 39.3 Å². The standard InChI is InChI=1S/C42H29N3O2/c1-42(2)33-20-12-11-18-30(33)32-24-37-38(25-34(32)42)47-36-23-28(21-22-35(36)46-37)29-17-9-10-19-31(29)41-44-39(26-13-5-3-6-14-26)43-40(45-41)27-15-7-4-8-16-27/h3-25H,1-2H3. The SMILES string of the molecule is CC1(C)c2ccccc2-c2cc3c(cc21)Oc1cc(-c2ccccc2-c2nc(-c4ccccc4)nc(-c4ccccc4)n2)ccc1O3. The average molecular weight is 608 g/mol. The lowest BCUT2D eigenvalue weighted by Crippen LogP contribution is -2.15. The van der Waals surface area contributed by atoms with Gasteiger partial charge in [0.05, 0.1) is 0 Å².